The summed E-state index contributed by atoms with van der Waals surface area (Å²) in [5.41, 5.74) is 1.07. The molecule has 0 amide bonds. The van der Waals surface area contributed by atoms with Crippen molar-refractivity contribution in [2.75, 3.05) is 0 Å². The maximum Gasteiger partial charge on any atom is 0.179 e. The minimum absolute atomic E-state index is 1.07. The zero-order chi connectivity index (χ0) is 7.68. The van der Waals surface area contributed by atoms with Gasteiger partial charge in [-0.1, -0.05) is 24.3 Å². The molecule has 0 fully saturated rings. The fourth-order valence-electron chi connectivity index (χ4n) is 1.13. The Balaban J connectivity index is 2.91. The van der Waals surface area contributed by atoms with Crippen LogP contribution in [-0.2, 0) is 0 Å². The van der Waals surface area contributed by atoms with Crippen LogP contribution >= 0.6 is 0 Å². The van der Waals surface area contributed by atoms with Crippen LogP contribution in [0.15, 0.2) is 36.5 Å². The van der Waals surface area contributed by atoms with Gasteiger partial charge in [0.2, 0.25) is 0 Å². The molecule has 2 radical (unpaired) electrons. The van der Waals surface area contributed by atoms with Crippen LogP contribution in [0.5, 0.6) is 0 Å². The molecule has 11 heavy (non-hydrogen) atoms. The number of hydrogen-bond donors (Lipinski definition) is 0. The molecule has 1 aromatic carbocycles. The van der Waals surface area contributed by atoms with Gasteiger partial charge in [0.15, 0.2) is 16.3 Å². The maximum absolute atomic E-state index is 4.26. The lowest BCUT2D eigenvalue weighted by Gasteiger charge is -1.98. The SMILES string of the molecule is [Al][c]1cccc2cccnc12. The van der Waals surface area contributed by atoms with Gasteiger partial charge in [0.25, 0.3) is 0 Å². The molecular formula is C9H6AlN. The molecular weight excluding hydrogens is 149 g/mol. The van der Waals surface area contributed by atoms with Crippen molar-refractivity contribution >= 4 is 31.6 Å². The number of hydrogen-bond acceptors (Lipinski definition) is 1. The van der Waals surface area contributed by atoms with Crippen molar-refractivity contribution in [2.24, 2.45) is 0 Å². The quantitative estimate of drug-likeness (QED) is 0.518. The van der Waals surface area contributed by atoms with E-state index in [9.17, 15) is 0 Å². The number of pyridine rings is 1. The van der Waals surface area contributed by atoms with Crippen molar-refractivity contribution in [2.45, 2.75) is 0 Å². The van der Waals surface area contributed by atoms with Crippen LogP contribution in [0.25, 0.3) is 10.9 Å². The van der Waals surface area contributed by atoms with Gasteiger partial charge in [-0.3, -0.25) is 4.98 Å². The molecule has 0 atom stereocenters. The molecule has 1 heterocycles. The van der Waals surface area contributed by atoms with Crippen molar-refractivity contribution in [3.05, 3.63) is 36.5 Å². The lowest BCUT2D eigenvalue weighted by atomic mass is 10.2. The molecule has 0 aliphatic carbocycles. The van der Waals surface area contributed by atoms with Crippen LogP contribution in [0.2, 0.25) is 0 Å². The zero-order valence-corrected chi connectivity index (χ0v) is 7.14. The van der Waals surface area contributed by atoms with Gasteiger partial charge in [-0.15, -0.1) is 4.43 Å². The number of fused-ring (bicyclic) bond motifs is 1. The van der Waals surface area contributed by atoms with Gasteiger partial charge in [0, 0.05) is 6.20 Å². The molecule has 2 heteroatoms. The van der Waals surface area contributed by atoms with E-state index in [-0.39, 0.29) is 0 Å². The van der Waals surface area contributed by atoms with E-state index in [4.69, 9.17) is 0 Å². The molecule has 0 N–H and O–H groups in total. The first-order valence-electron chi connectivity index (χ1n) is 3.47. The van der Waals surface area contributed by atoms with Crippen LogP contribution in [-0.4, -0.2) is 21.3 Å². The molecule has 0 saturated carbocycles. The van der Waals surface area contributed by atoms with E-state index in [0.717, 1.165) is 9.94 Å². The zero-order valence-electron chi connectivity index (χ0n) is 5.99. The van der Waals surface area contributed by atoms with Crippen LogP contribution in [0.4, 0.5) is 0 Å². The summed E-state index contributed by atoms with van der Waals surface area (Å²) in [5, 5.41) is 1.19. The average molecular weight is 155 g/mol. The second kappa shape index (κ2) is 2.66. The van der Waals surface area contributed by atoms with Gasteiger partial charge in [-0.05, 0) is 11.5 Å². The number of para-hydroxylation sites is 1. The number of nitrogens with zero attached hydrogens (tertiary/aromatic N) is 1. The van der Waals surface area contributed by atoms with E-state index < -0.39 is 0 Å². The van der Waals surface area contributed by atoms with E-state index in [2.05, 4.69) is 33.4 Å². The number of benzene rings is 1. The van der Waals surface area contributed by atoms with Crippen molar-refractivity contribution in [3.8, 4) is 0 Å². The van der Waals surface area contributed by atoms with Crippen LogP contribution in [0.3, 0.4) is 0 Å². The molecule has 2 rings (SSSR count). The molecule has 0 aliphatic rings. The smallest absolute Gasteiger partial charge is 0.179 e. The van der Waals surface area contributed by atoms with Crippen molar-refractivity contribution in [1.29, 1.82) is 0 Å². The van der Waals surface area contributed by atoms with E-state index in [0.29, 0.717) is 0 Å². The van der Waals surface area contributed by atoms with Gasteiger partial charge in [-0.25, -0.2) is 0 Å². The first kappa shape index (κ1) is 6.85. The van der Waals surface area contributed by atoms with Gasteiger partial charge in [0.1, 0.15) is 0 Å². The largest absolute Gasteiger partial charge is 0.258 e. The molecule has 1 nitrogen and oxygen atoms in total. The number of aromatic nitrogens is 1. The minimum atomic E-state index is 1.07. The van der Waals surface area contributed by atoms with Crippen LogP contribution in [0.1, 0.15) is 0 Å². The molecule has 1 aromatic heterocycles. The lowest BCUT2D eigenvalue weighted by molar-refractivity contribution is 1.42. The topological polar surface area (TPSA) is 12.9 Å². The first-order valence-corrected chi connectivity index (χ1v) is 4.05. The van der Waals surface area contributed by atoms with Crippen LogP contribution < -0.4 is 4.43 Å². The fourth-order valence-corrected chi connectivity index (χ4v) is 1.48. The molecule has 2 aromatic rings. The Kier molecular flexibility index (Phi) is 1.65. The standard InChI is InChI=1S/C9H6N.Al/c1-2-6-9-8(4-1)5-3-7-10-9;/h1-5,7H;. The Hall–Kier alpha value is -0.838. The second-order valence-electron chi connectivity index (χ2n) is 2.42. The second-order valence-corrected chi connectivity index (χ2v) is 3.04. The van der Waals surface area contributed by atoms with Crippen molar-refractivity contribution in [3.63, 3.8) is 0 Å². The highest BCUT2D eigenvalue weighted by Gasteiger charge is 1.92. The highest BCUT2D eigenvalue weighted by molar-refractivity contribution is 6.38. The Morgan fingerprint density at radius 3 is 2.73 bits per heavy atom. The molecule has 0 unspecified atom stereocenters. The molecule has 0 saturated heterocycles. The molecule has 0 aliphatic heterocycles. The predicted octanol–water partition coefficient (Wildman–Crippen LogP) is 1.03. The Bertz CT molecular complexity index is 379. The first-order chi connectivity index (χ1) is 5.38. The minimum Gasteiger partial charge on any atom is -0.258 e. The van der Waals surface area contributed by atoms with Gasteiger partial charge in [-0.2, -0.15) is 0 Å². The summed E-state index contributed by atoms with van der Waals surface area (Å²) >= 11 is 2.68. The Labute approximate surface area is 73.5 Å². The highest BCUT2D eigenvalue weighted by Crippen LogP contribution is 2.05. The third-order valence-electron chi connectivity index (χ3n) is 1.66. The monoisotopic (exact) mass is 155 g/mol. The predicted molar refractivity (Wildman–Crippen MR) is 47.1 cm³/mol. The van der Waals surface area contributed by atoms with Gasteiger partial charge < -0.3 is 0 Å². The van der Waals surface area contributed by atoms with E-state index >= 15 is 0 Å². The van der Waals surface area contributed by atoms with Crippen molar-refractivity contribution in [1.82, 2.24) is 4.98 Å². The summed E-state index contributed by atoms with van der Waals surface area (Å²) in [5.74, 6) is 0. The normalized spacial score (nSPS) is 10.2. The summed E-state index contributed by atoms with van der Waals surface area (Å²) < 4.78 is 1.16. The highest BCUT2D eigenvalue weighted by atomic mass is 27.0. The molecule has 0 bridgehead atoms. The Morgan fingerprint density at radius 2 is 1.91 bits per heavy atom. The van der Waals surface area contributed by atoms with E-state index in [1.807, 2.05) is 24.4 Å². The Morgan fingerprint density at radius 1 is 1.09 bits per heavy atom. The summed E-state index contributed by atoms with van der Waals surface area (Å²) in [7, 11) is 0. The third kappa shape index (κ3) is 1.16. The summed E-state index contributed by atoms with van der Waals surface area (Å²) in [6.45, 7) is 0. The summed E-state index contributed by atoms with van der Waals surface area (Å²) in [6, 6.07) is 10.2. The van der Waals surface area contributed by atoms with Gasteiger partial charge in [0.05, 0.1) is 5.52 Å². The summed E-state index contributed by atoms with van der Waals surface area (Å²) in [4.78, 5) is 4.26. The lowest BCUT2D eigenvalue weighted by Crippen LogP contribution is -2.03. The van der Waals surface area contributed by atoms with E-state index in [1.165, 1.54) is 5.39 Å². The number of rotatable bonds is 0. The van der Waals surface area contributed by atoms with Crippen molar-refractivity contribution < 1.29 is 0 Å². The molecule has 50 valence electrons. The maximum atomic E-state index is 4.26. The van der Waals surface area contributed by atoms with Gasteiger partial charge >= 0.3 is 0 Å². The third-order valence-corrected chi connectivity index (χ3v) is 2.13. The summed E-state index contributed by atoms with van der Waals surface area (Å²) in [6.07, 6.45) is 1.82. The van der Waals surface area contributed by atoms with Crippen LogP contribution in [0, 0.1) is 0 Å². The average Bonchev–Trinajstić information content (AvgIpc) is 2.06. The van der Waals surface area contributed by atoms with E-state index in [1.54, 1.807) is 0 Å². The molecule has 0 spiro atoms. The fraction of sp³-hybridized carbons (Fsp3) is 0.